The first-order valence-corrected chi connectivity index (χ1v) is 6.13. The molecule has 1 nitrogen and oxygen atoms in total. The lowest BCUT2D eigenvalue weighted by Crippen LogP contribution is -2.31. The average molecular weight is 258 g/mol. The molecular formula is C13H17Cl2N. The van der Waals surface area contributed by atoms with E-state index in [4.69, 9.17) is 23.2 Å². The molecule has 16 heavy (non-hydrogen) atoms. The zero-order valence-corrected chi connectivity index (χ0v) is 11.2. The van der Waals surface area contributed by atoms with Crippen LogP contribution in [0.5, 0.6) is 0 Å². The SMILES string of the molecule is C=C(C)C(Cc1ccc(Cl)c(Cl)c1)NCC. The Kier molecular flexibility index (Phi) is 5.33. The van der Waals surface area contributed by atoms with Crippen molar-refractivity contribution >= 4 is 23.2 Å². The third kappa shape index (κ3) is 3.82. The van der Waals surface area contributed by atoms with Crippen LogP contribution in [0.1, 0.15) is 19.4 Å². The molecule has 1 N–H and O–H groups in total. The van der Waals surface area contributed by atoms with Crippen LogP contribution in [0.15, 0.2) is 30.4 Å². The van der Waals surface area contributed by atoms with Crippen LogP contribution >= 0.6 is 23.2 Å². The lowest BCUT2D eigenvalue weighted by molar-refractivity contribution is 0.588. The summed E-state index contributed by atoms with van der Waals surface area (Å²) in [4.78, 5) is 0. The minimum absolute atomic E-state index is 0.294. The highest BCUT2D eigenvalue weighted by Gasteiger charge is 2.09. The first-order valence-electron chi connectivity index (χ1n) is 5.37. The molecule has 0 heterocycles. The summed E-state index contributed by atoms with van der Waals surface area (Å²) in [6, 6.07) is 6.04. The monoisotopic (exact) mass is 257 g/mol. The minimum Gasteiger partial charge on any atom is -0.310 e. The van der Waals surface area contributed by atoms with E-state index in [1.807, 2.05) is 25.1 Å². The van der Waals surface area contributed by atoms with Crippen LogP contribution < -0.4 is 5.32 Å². The summed E-state index contributed by atoms with van der Waals surface area (Å²) in [7, 11) is 0. The largest absolute Gasteiger partial charge is 0.310 e. The molecule has 0 radical (unpaired) electrons. The summed E-state index contributed by atoms with van der Waals surface area (Å²) in [5, 5.41) is 4.59. The first kappa shape index (κ1) is 13.6. The summed E-state index contributed by atoms with van der Waals surface area (Å²) in [6.07, 6.45) is 0.889. The highest BCUT2D eigenvalue weighted by atomic mass is 35.5. The minimum atomic E-state index is 0.294. The predicted octanol–water partition coefficient (Wildman–Crippen LogP) is 4.09. The number of rotatable bonds is 5. The molecule has 0 aromatic heterocycles. The Balaban J connectivity index is 2.77. The van der Waals surface area contributed by atoms with Crippen molar-refractivity contribution < 1.29 is 0 Å². The van der Waals surface area contributed by atoms with Gasteiger partial charge in [-0.25, -0.2) is 0 Å². The highest BCUT2D eigenvalue weighted by Crippen LogP contribution is 2.23. The Morgan fingerprint density at radius 1 is 1.38 bits per heavy atom. The second kappa shape index (κ2) is 6.29. The molecule has 1 rings (SSSR count). The normalized spacial score (nSPS) is 12.5. The predicted molar refractivity (Wildman–Crippen MR) is 72.4 cm³/mol. The molecule has 1 atom stereocenters. The molecular weight excluding hydrogens is 241 g/mol. The Bertz CT molecular complexity index is 374. The van der Waals surface area contributed by atoms with E-state index in [0.717, 1.165) is 18.5 Å². The van der Waals surface area contributed by atoms with Crippen molar-refractivity contribution in [3.05, 3.63) is 46.0 Å². The van der Waals surface area contributed by atoms with Crippen molar-refractivity contribution in [1.82, 2.24) is 5.32 Å². The molecule has 1 unspecified atom stereocenters. The Morgan fingerprint density at radius 3 is 2.56 bits per heavy atom. The molecule has 0 saturated carbocycles. The van der Waals surface area contributed by atoms with E-state index in [1.54, 1.807) is 0 Å². The number of nitrogens with one attached hydrogen (secondary N) is 1. The molecule has 0 saturated heterocycles. The quantitative estimate of drug-likeness (QED) is 0.784. The van der Waals surface area contributed by atoms with Crippen LogP contribution in [0.3, 0.4) is 0 Å². The van der Waals surface area contributed by atoms with Crippen LogP contribution in [0.4, 0.5) is 0 Å². The van der Waals surface area contributed by atoms with E-state index in [9.17, 15) is 0 Å². The van der Waals surface area contributed by atoms with Crippen LogP contribution in [0, 0.1) is 0 Å². The maximum Gasteiger partial charge on any atom is 0.0595 e. The van der Waals surface area contributed by atoms with Gasteiger partial charge in [0.15, 0.2) is 0 Å². The zero-order chi connectivity index (χ0) is 12.1. The summed E-state index contributed by atoms with van der Waals surface area (Å²) in [6.45, 7) is 9.04. The van der Waals surface area contributed by atoms with Crippen molar-refractivity contribution in [3.8, 4) is 0 Å². The van der Waals surface area contributed by atoms with E-state index in [2.05, 4.69) is 18.8 Å². The van der Waals surface area contributed by atoms with Crippen molar-refractivity contribution in [3.63, 3.8) is 0 Å². The average Bonchev–Trinajstić information content (AvgIpc) is 2.22. The molecule has 1 aromatic carbocycles. The molecule has 0 aliphatic rings. The Labute approximate surface area is 107 Å². The summed E-state index contributed by atoms with van der Waals surface area (Å²) in [5.41, 5.74) is 2.30. The van der Waals surface area contributed by atoms with Crippen LogP contribution in [0.2, 0.25) is 10.0 Å². The molecule has 1 aromatic rings. The van der Waals surface area contributed by atoms with Gasteiger partial charge in [0.25, 0.3) is 0 Å². The molecule has 3 heteroatoms. The van der Waals surface area contributed by atoms with Gasteiger partial charge in [-0.3, -0.25) is 0 Å². The summed E-state index contributed by atoms with van der Waals surface area (Å²) < 4.78 is 0. The van der Waals surface area contributed by atoms with Crippen LogP contribution in [0.25, 0.3) is 0 Å². The summed E-state index contributed by atoms with van der Waals surface area (Å²) >= 11 is 11.9. The molecule has 0 amide bonds. The second-order valence-electron chi connectivity index (χ2n) is 3.91. The fourth-order valence-corrected chi connectivity index (χ4v) is 1.89. The number of hydrogen-bond donors (Lipinski definition) is 1. The van der Waals surface area contributed by atoms with E-state index in [1.165, 1.54) is 5.56 Å². The maximum atomic E-state index is 5.98. The highest BCUT2D eigenvalue weighted by molar-refractivity contribution is 6.42. The number of hydrogen-bond acceptors (Lipinski definition) is 1. The van der Waals surface area contributed by atoms with Gasteiger partial charge in [-0.15, -0.1) is 0 Å². The molecule has 0 fully saturated rings. The summed E-state index contributed by atoms with van der Waals surface area (Å²) in [5.74, 6) is 0. The van der Waals surface area contributed by atoms with Gasteiger partial charge in [0.1, 0.15) is 0 Å². The van der Waals surface area contributed by atoms with Gasteiger partial charge < -0.3 is 5.32 Å². The van der Waals surface area contributed by atoms with Gasteiger partial charge in [0.05, 0.1) is 10.0 Å². The van der Waals surface area contributed by atoms with Gasteiger partial charge >= 0.3 is 0 Å². The van der Waals surface area contributed by atoms with Gasteiger partial charge in [0.2, 0.25) is 0 Å². The fourth-order valence-electron chi connectivity index (χ4n) is 1.57. The molecule has 88 valence electrons. The van der Waals surface area contributed by atoms with E-state index in [-0.39, 0.29) is 0 Å². The fraction of sp³-hybridized carbons (Fsp3) is 0.385. The first-order chi connectivity index (χ1) is 7.54. The third-order valence-corrected chi connectivity index (χ3v) is 3.21. The molecule has 0 aliphatic carbocycles. The van der Waals surface area contributed by atoms with Crippen LogP contribution in [-0.2, 0) is 6.42 Å². The topological polar surface area (TPSA) is 12.0 Å². The molecule has 0 bridgehead atoms. The van der Waals surface area contributed by atoms with Crippen molar-refractivity contribution in [2.24, 2.45) is 0 Å². The maximum absolute atomic E-state index is 5.98. The number of halogens is 2. The van der Waals surface area contributed by atoms with E-state index >= 15 is 0 Å². The third-order valence-electron chi connectivity index (χ3n) is 2.47. The Morgan fingerprint density at radius 2 is 2.06 bits per heavy atom. The number of likely N-dealkylation sites (N-methyl/N-ethyl adjacent to an activating group) is 1. The molecule has 0 aliphatic heterocycles. The van der Waals surface area contributed by atoms with Crippen LogP contribution in [-0.4, -0.2) is 12.6 Å². The lowest BCUT2D eigenvalue weighted by Gasteiger charge is -2.18. The lowest BCUT2D eigenvalue weighted by atomic mass is 10.0. The molecule has 0 spiro atoms. The van der Waals surface area contributed by atoms with Crippen molar-refractivity contribution in [1.29, 1.82) is 0 Å². The number of benzene rings is 1. The van der Waals surface area contributed by atoms with Gasteiger partial charge in [-0.2, -0.15) is 0 Å². The van der Waals surface area contributed by atoms with Gasteiger partial charge in [-0.1, -0.05) is 48.3 Å². The van der Waals surface area contributed by atoms with E-state index < -0.39 is 0 Å². The van der Waals surface area contributed by atoms with Gasteiger partial charge in [0, 0.05) is 6.04 Å². The standard InChI is InChI=1S/C13H17Cl2N/c1-4-16-13(9(2)3)8-10-5-6-11(14)12(15)7-10/h5-7,13,16H,2,4,8H2,1,3H3. The smallest absolute Gasteiger partial charge is 0.0595 e. The van der Waals surface area contributed by atoms with E-state index in [0.29, 0.717) is 16.1 Å². The zero-order valence-electron chi connectivity index (χ0n) is 9.69. The van der Waals surface area contributed by atoms with Crippen molar-refractivity contribution in [2.75, 3.05) is 6.54 Å². The van der Waals surface area contributed by atoms with Crippen molar-refractivity contribution in [2.45, 2.75) is 26.3 Å². The van der Waals surface area contributed by atoms with Gasteiger partial charge in [-0.05, 0) is 37.6 Å². The second-order valence-corrected chi connectivity index (χ2v) is 4.72. The Hall–Kier alpha value is -0.500.